The van der Waals surface area contributed by atoms with Gasteiger partial charge in [0.25, 0.3) is 0 Å². The first-order valence-corrected chi connectivity index (χ1v) is 5.79. The van der Waals surface area contributed by atoms with Gasteiger partial charge in [0.1, 0.15) is 0 Å². The Morgan fingerprint density at radius 3 is 2.53 bits per heavy atom. The van der Waals surface area contributed by atoms with Crippen molar-refractivity contribution >= 4 is 0 Å². The molecule has 0 aromatic carbocycles. The molecule has 0 heteroatoms. The average Bonchev–Trinajstić information content (AvgIpc) is 2.75. The molecule has 0 spiro atoms. The number of rotatable bonds is 5. The van der Waals surface area contributed by atoms with Gasteiger partial charge in [-0.15, -0.1) is 0 Å². The maximum Gasteiger partial charge on any atom is -0.00638 e. The molecule has 0 N–H and O–H groups in total. The van der Waals surface area contributed by atoms with Crippen molar-refractivity contribution in [2.75, 3.05) is 0 Å². The molecule has 0 saturated heterocycles. The van der Waals surface area contributed by atoms with E-state index in [-0.39, 0.29) is 0 Å². The van der Waals surface area contributed by atoms with Crippen LogP contribution in [0.5, 0.6) is 0 Å². The Morgan fingerprint density at radius 2 is 1.94 bits per heavy atom. The minimum atomic E-state index is 0.839. The summed E-state index contributed by atoms with van der Waals surface area (Å²) in [5.41, 5.74) is 5.39. The third-order valence-electron chi connectivity index (χ3n) is 2.84. The van der Waals surface area contributed by atoms with Gasteiger partial charge in [0.05, 0.1) is 0 Å². The zero-order valence-corrected chi connectivity index (χ0v) is 10.6. The summed E-state index contributed by atoms with van der Waals surface area (Å²) >= 11 is 0. The number of hydrogen-bond donors (Lipinski definition) is 0. The van der Waals surface area contributed by atoms with Crippen molar-refractivity contribution in [3.63, 3.8) is 0 Å². The van der Waals surface area contributed by atoms with Crippen molar-refractivity contribution in [3.05, 3.63) is 84.6 Å². The maximum absolute atomic E-state index is 4.03. The highest BCUT2D eigenvalue weighted by atomic mass is 14.1. The van der Waals surface area contributed by atoms with Gasteiger partial charge < -0.3 is 0 Å². The smallest absolute Gasteiger partial charge is 0.00638 e. The third-order valence-corrected chi connectivity index (χ3v) is 2.84. The maximum atomic E-state index is 4.03. The summed E-state index contributed by atoms with van der Waals surface area (Å²) in [5.74, 6) is 0. The fraction of sp³-hybridized carbons (Fsp3) is 0.176. The summed E-state index contributed by atoms with van der Waals surface area (Å²) in [6.07, 6.45) is 12.3. The molecule has 1 aliphatic carbocycles. The van der Waals surface area contributed by atoms with E-state index in [2.05, 4.69) is 50.6 Å². The van der Waals surface area contributed by atoms with Gasteiger partial charge in [-0.05, 0) is 42.1 Å². The average molecular weight is 224 g/mol. The molecule has 0 unspecified atom stereocenters. The van der Waals surface area contributed by atoms with Gasteiger partial charge >= 0.3 is 0 Å². The van der Waals surface area contributed by atoms with Gasteiger partial charge in [-0.2, -0.15) is 0 Å². The Balaban J connectivity index is 2.68. The van der Waals surface area contributed by atoms with Crippen LogP contribution in [0, 0.1) is 0 Å². The van der Waals surface area contributed by atoms with E-state index in [0.29, 0.717) is 0 Å². The SMILES string of the molecule is C=CC(=C)C(=C)C(=C)/C=C1\CC=C(/C=C\C)C1. The molecule has 0 aliphatic heterocycles. The van der Waals surface area contributed by atoms with Crippen molar-refractivity contribution in [1.29, 1.82) is 0 Å². The number of hydrogen-bond acceptors (Lipinski definition) is 0. The van der Waals surface area contributed by atoms with Crippen molar-refractivity contribution in [2.45, 2.75) is 19.8 Å². The van der Waals surface area contributed by atoms with E-state index in [1.807, 2.05) is 6.92 Å². The summed E-state index contributed by atoms with van der Waals surface area (Å²) < 4.78 is 0. The van der Waals surface area contributed by atoms with Crippen LogP contribution in [0.4, 0.5) is 0 Å². The first-order chi connectivity index (χ1) is 8.08. The molecule has 17 heavy (non-hydrogen) atoms. The molecule has 0 bridgehead atoms. The van der Waals surface area contributed by atoms with Crippen LogP contribution in [-0.2, 0) is 0 Å². The minimum absolute atomic E-state index is 0.839. The largest absolute Gasteiger partial charge is 0.0985 e. The van der Waals surface area contributed by atoms with Crippen LogP contribution in [0.1, 0.15) is 19.8 Å². The Bertz CT molecular complexity index is 450. The van der Waals surface area contributed by atoms with Crippen LogP contribution < -0.4 is 0 Å². The lowest BCUT2D eigenvalue weighted by molar-refractivity contribution is 1.16. The van der Waals surface area contributed by atoms with Crippen LogP contribution in [0.15, 0.2) is 84.6 Å². The zero-order chi connectivity index (χ0) is 12.8. The van der Waals surface area contributed by atoms with Crippen LogP contribution >= 0.6 is 0 Å². The van der Waals surface area contributed by atoms with Crippen molar-refractivity contribution in [1.82, 2.24) is 0 Å². The van der Waals surface area contributed by atoms with Crippen LogP contribution in [0.3, 0.4) is 0 Å². The highest BCUT2D eigenvalue weighted by Gasteiger charge is 2.08. The summed E-state index contributed by atoms with van der Waals surface area (Å²) in [7, 11) is 0. The van der Waals surface area contributed by atoms with E-state index in [9.17, 15) is 0 Å². The second-order valence-corrected chi connectivity index (χ2v) is 4.20. The molecule has 0 nitrogen and oxygen atoms in total. The molecule has 0 heterocycles. The first kappa shape index (κ1) is 13.2. The predicted molar refractivity (Wildman–Crippen MR) is 77.8 cm³/mol. The molecule has 0 radical (unpaired) electrons. The Morgan fingerprint density at radius 1 is 1.24 bits per heavy atom. The lowest BCUT2D eigenvalue weighted by atomic mass is 9.99. The molecular weight excluding hydrogens is 204 g/mol. The molecule has 0 aromatic heterocycles. The van der Waals surface area contributed by atoms with Crippen molar-refractivity contribution < 1.29 is 0 Å². The second-order valence-electron chi connectivity index (χ2n) is 4.20. The fourth-order valence-electron chi connectivity index (χ4n) is 1.78. The Labute approximate surface area is 105 Å². The molecule has 88 valence electrons. The van der Waals surface area contributed by atoms with Gasteiger partial charge in [0.2, 0.25) is 0 Å². The lowest BCUT2D eigenvalue weighted by Gasteiger charge is -2.06. The Hall–Kier alpha value is -1.82. The fourth-order valence-corrected chi connectivity index (χ4v) is 1.78. The van der Waals surface area contributed by atoms with Gasteiger partial charge in [0, 0.05) is 0 Å². The molecule has 0 saturated carbocycles. The third kappa shape index (κ3) is 3.60. The van der Waals surface area contributed by atoms with Crippen molar-refractivity contribution in [3.8, 4) is 0 Å². The minimum Gasteiger partial charge on any atom is -0.0985 e. The van der Waals surface area contributed by atoms with Gasteiger partial charge in [-0.1, -0.05) is 62.3 Å². The van der Waals surface area contributed by atoms with E-state index in [0.717, 1.165) is 29.6 Å². The molecule has 0 atom stereocenters. The molecule has 1 aliphatic rings. The zero-order valence-electron chi connectivity index (χ0n) is 10.6. The van der Waals surface area contributed by atoms with Gasteiger partial charge in [-0.3, -0.25) is 0 Å². The van der Waals surface area contributed by atoms with Gasteiger partial charge in [0.15, 0.2) is 0 Å². The topological polar surface area (TPSA) is 0 Å². The normalized spacial score (nSPS) is 17.2. The van der Waals surface area contributed by atoms with E-state index >= 15 is 0 Å². The molecule has 0 amide bonds. The molecule has 0 fully saturated rings. The summed E-state index contributed by atoms with van der Waals surface area (Å²) in [4.78, 5) is 0. The summed E-state index contributed by atoms with van der Waals surface area (Å²) in [6, 6.07) is 0. The molecular formula is C17H20. The van der Waals surface area contributed by atoms with Crippen LogP contribution in [0.25, 0.3) is 0 Å². The standard InChI is InChI=1S/C17H20/c1-6-8-16-9-10-17(12-16)11-14(4)15(5)13(3)7-2/h6-9,11H,2-5,10,12H2,1H3/b8-6-,17-11+. The van der Waals surface area contributed by atoms with E-state index in [1.54, 1.807) is 6.08 Å². The van der Waals surface area contributed by atoms with E-state index in [4.69, 9.17) is 0 Å². The highest BCUT2D eigenvalue weighted by molar-refractivity contribution is 5.53. The van der Waals surface area contributed by atoms with Gasteiger partial charge in [-0.25, -0.2) is 0 Å². The lowest BCUT2D eigenvalue weighted by Crippen LogP contribution is -1.87. The molecule has 1 rings (SSSR count). The molecule has 0 aromatic rings. The van der Waals surface area contributed by atoms with E-state index in [1.165, 1.54) is 11.1 Å². The summed E-state index contributed by atoms with van der Waals surface area (Å²) in [5, 5.41) is 0. The summed E-state index contributed by atoms with van der Waals surface area (Å²) in [6.45, 7) is 17.6. The second kappa shape index (κ2) is 6.05. The monoisotopic (exact) mass is 224 g/mol. The first-order valence-electron chi connectivity index (χ1n) is 5.79. The quantitative estimate of drug-likeness (QED) is 0.572. The van der Waals surface area contributed by atoms with Crippen molar-refractivity contribution in [2.24, 2.45) is 0 Å². The Kier molecular flexibility index (Phi) is 4.71. The van der Waals surface area contributed by atoms with Crippen LogP contribution in [0.2, 0.25) is 0 Å². The number of allylic oxidation sites excluding steroid dienone is 10. The predicted octanol–water partition coefficient (Wildman–Crippen LogP) is 5.06. The van der Waals surface area contributed by atoms with E-state index < -0.39 is 0 Å². The van der Waals surface area contributed by atoms with Crippen LogP contribution in [-0.4, -0.2) is 0 Å². The highest BCUT2D eigenvalue weighted by Crippen LogP contribution is 2.28.